The smallest absolute Gasteiger partial charge is 0.303 e. The third-order valence-corrected chi connectivity index (χ3v) is 15.7. The van der Waals surface area contributed by atoms with Crippen molar-refractivity contribution in [1.29, 1.82) is 0 Å². The van der Waals surface area contributed by atoms with Gasteiger partial charge in [0, 0.05) is 30.1 Å². The zero-order valence-electron chi connectivity index (χ0n) is 24.1. The van der Waals surface area contributed by atoms with E-state index in [4.69, 9.17) is 27.9 Å². The van der Waals surface area contributed by atoms with E-state index in [1.807, 2.05) is 0 Å². The number of esters is 1. The van der Waals surface area contributed by atoms with Crippen LogP contribution in [0, 0.1) is 56.7 Å². The summed E-state index contributed by atoms with van der Waals surface area (Å²) in [6, 6.07) is 0. The Hall–Kier alpha value is -0.280. The summed E-state index contributed by atoms with van der Waals surface area (Å²) >= 11 is 13.6. The number of hydrogen-bond acceptors (Lipinski definition) is 3. The summed E-state index contributed by atoms with van der Waals surface area (Å²) in [6.45, 7) is 16.1. The van der Waals surface area contributed by atoms with E-state index in [-0.39, 0.29) is 38.6 Å². The van der Waals surface area contributed by atoms with Crippen molar-refractivity contribution < 1.29 is 14.3 Å². The first-order valence-electron chi connectivity index (χ1n) is 15.1. The minimum Gasteiger partial charge on any atom is -0.459 e. The molecule has 6 saturated carbocycles. The number of Topliss-reactive ketones (excluding diaryl/α,β-unsaturated/α-hetero) is 1. The highest BCUT2D eigenvalue weighted by Crippen LogP contribution is 2.80. The number of rotatable bonds is 2. The first-order valence-corrected chi connectivity index (χ1v) is 15.8. The summed E-state index contributed by atoms with van der Waals surface area (Å²) in [6.07, 6.45) is 11.5. The highest BCUT2D eigenvalue weighted by molar-refractivity contribution is 6.51. The molecule has 1 unspecified atom stereocenters. The minimum atomic E-state index is -0.662. The number of ether oxygens (including phenoxy) is 1. The zero-order chi connectivity index (χ0) is 27.0. The normalized spacial score (nSPS) is 55.4. The number of hydrogen-bond donors (Lipinski definition) is 0. The van der Waals surface area contributed by atoms with Crippen molar-refractivity contribution in [3.05, 3.63) is 0 Å². The number of carbonyl (C=O) groups is 2. The van der Waals surface area contributed by atoms with E-state index in [1.165, 1.54) is 19.3 Å². The summed E-state index contributed by atoms with van der Waals surface area (Å²) < 4.78 is 5.71. The zero-order valence-corrected chi connectivity index (χ0v) is 25.7. The van der Waals surface area contributed by atoms with Crippen LogP contribution in [0.4, 0.5) is 0 Å². The maximum atomic E-state index is 13.0. The maximum absolute atomic E-state index is 13.0. The van der Waals surface area contributed by atoms with E-state index in [2.05, 4.69) is 41.5 Å². The van der Waals surface area contributed by atoms with E-state index in [1.54, 1.807) is 6.92 Å². The predicted octanol–water partition coefficient (Wildman–Crippen LogP) is 8.54. The standard InChI is InChI=1S/C32H48Cl2O3/c1-19(35)37-31-15-10-21(30(7)18-32(30,33)34)25(31)20-8-9-23-27(4)13-12-24(36)26(2,3)22(27)11-14-29(23,6)28(20,5)16-17-31/h20-23,25H,8-18H2,1-7H3/t20-,21-,22+,23-,25+,27+,28-,29-,30?,31+/m1/s1. The molecule has 0 saturated heterocycles. The molecule has 0 aliphatic heterocycles. The second-order valence-electron chi connectivity index (χ2n) is 15.9. The summed E-state index contributed by atoms with van der Waals surface area (Å²) in [5.41, 5.74) is -0.0720. The van der Waals surface area contributed by atoms with Gasteiger partial charge in [0.2, 0.25) is 0 Å². The lowest BCUT2D eigenvalue weighted by molar-refractivity contribution is -0.249. The van der Waals surface area contributed by atoms with Crippen molar-refractivity contribution in [3.8, 4) is 0 Å². The molecular formula is C32H48Cl2O3. The Morgan fingerprint density at radius 3 is 2.05 bits per heavy atom. The van der Waals surface area contributed by atoms with Crippen LogP contribution in [0.1, 0.15) is 119 Å². The molecule has 6 aliphatic carbocycles. The Balaban J connectivity index is 1.41. The number of carbonyl (C=O) groups excluding carboxylic acids is 2. The molecule has 6 fully saturated rings. The predicted molar refractivity (Wildman–Crippen MR) is 148 cm³/mol. The molecule has 37 heavy (non-hydrogen) atoms. The van der Waals surface area contributed by atoms with Gasteiger partial charge in [0.1, 0.15) is 15.7 Å². The van der Waals surface area contributed by atoms with E-state index < -0.39 is 4.33 Å². The van der Waals surface area contributed by atoms with Crippen molar-refractivity contribution in [2.75, 3.05) is 0 Å². The molecule has 208 valence electrons. The van der Waals surface area contributed by atoms with Gasteiger partial charge in [-0.15, -0.1) is 23.2 Å². The highest BCUT2D eigenvalue weighted by Gasteiger charge is 2.76. The van der Waals surface area contributed by atoms with Crippen LogP contribution in [0.5, 0.6) is 0 Å². The van der Waals surface area contributed by atoms with Crippen LogP contribution in [0.25, 0.3) is 0 Å². The SMILES string of the molecule is CC(=O)O[C@]12CC[C@@H](C3(C)CC3(Cl)Cl)[C@@H]1[C@H]1CC[C@@H]3[C@@]4(C)CCC(=O)C(C)(C)[C@@H]4CC[C@@]3(C)[C@]1(C)CC2. The van der Waals surface area contributed by atoms with Gasteiger partial charge in [0.15, 0.2) is 0 Å². The first kappa shape index (κ1) is 26.9. The Morgan fingerprint density at radius 1 is 0.784 bits per heavy atom. The fraction of sp³-hybridized carbons (Fsp3) is 0.938. The average molecular weight is 552 g/mol. The Kier molecular flexibility index (Phi) is 5.61. The molecule has 6 rings (SSSR count). The van der Waals surface area contributed by atoms with E-state index >= 15 is 0 Å². The Morgan fingerprint density at radius 2 is 1.43 bits per heavy atom. The second kappa shape index (κ2) is 7.71. The lowest BCUT2D eigenvalue weighted by Gasteiger charge is -2.72. The quantitative estimate of drug-likeness (QED) is 0.255. The lowest BCUT2D eigenvalue weighted by atomic mass is 9.33. The molecular weight excluding hydrogens is 503 g/mol. The second-order valence-corrected chi connectivity index (χ2v) is 17.4. The van der Waals surface area contributed by atoms with Gasteiger partial charge in [-0.05, 0) is 104 Å². The van der Waals surface area contributed by atoms with Gasteiger partial charge in [0.25, 0.3) is 0 Å². The fourth-order valence-electron chi connectivity index (χ4n) is 12.3. The topological polar surface area (TPSA) is 43.4 Å². The molecule has 6 aliphatic rings. The highest BCUT2D eigenvalue weighted by atomic mass is 35.5. The van der Waals surface area contributed by atoms with Crippen LogP contribution in [0.2, 0.25) is 0 Å². The van der Waals surface area contributed by atoms with Gasteiger partial charge < -0.3 is 4.74 Å². The van der Waals surface area contributed by atoms with Crippen LogP contribution in [-0.4, -0.2) is 21.7 Å². The fourth-order valence-corrected chi connectivity index (χ4v) is 13.2. The number of halogens is 2. The average Bonchev–Trinajstić information content (AvgIpc) is 3.10. The van der Waals surface area contributed by atoms with Crippen molar-refractivity contribution in [2.24, 2.45) is 56.7 Å². The third kappa shape index (κ3) is 3.20. The summed E-state index contributed by atoms with van der Waals surface area (Å²) in [7, 11) is 0. The van der Waals surface area contributed by atoms with E-state index in [9.17, 15) is 9.59 Å². The molecule has 0 radical (unpaired) electrons. The van der Waals surface area contributed by atoms with Crippen LogP contribution < -0.4 is 0 Å². The van der Waals surface area contributed by atoms with Gasteiger partial charge in [-0.1, -0.05) is 41.5 Å². The summed E-state index contributed by atoms with van der Waals surface area (Å²) in [5.74, 6) is 2.66. The molecule has 0 aromatic heterocycles. The maximum Gasteiger partial charge on any atom is 0.303 e. The number of ketones is 1. The van der Waals surface area contributed by atoms with Crippen LogP contribution in [-0.2, 0) is 14.3 Å². The molecule has 5 heteroatoms. The molecule has 0 aromatic rings. The van der Waals surface area contributed by atoms with E-state index in [0.29, 0.717) is 35.4 Å². The van der Waals surface area contributed by atoms with Gasteiger partial charge in [0.05, 0.1) is 0 Å². The Labute approximate surface area is 234 Å². The number of fused-ring (bicyclic) bond motifs is 7. The molecule has 10 atom stereocenters. The van der Waals surface area contributed by atoms with Crippen molar-refractivity contribution in [2.45, 2.75) is 129 Å². The largest absolute Gasteiger partial charge is 0.459 e. The van der Waals surface area contributed by atoms with Crippen LogP contribution >= 0.6 is 23.2 Å². The molecule has 0 spiro atoms. The summed E-state index contributed by atoms with van der Waals surface area (Å²) in [5, 5.41) is 0. The molecule has 0 N–H and O–H groups in total. The van der Waals surface area contributed by atoms with Crippen molar-refractivity contribution >= 4 is 35.0 Å². The molecule has 0 bridgehead atoms. The van der Waals surface area contributed by atoms with Gasteiger partial charge in [-0.25, -0.2) is 0 Å². The van der Waals surface area contributed by atoms with Gasteiger partial charge in [-0.3, -0.25) is 9.59 Å². The molecule has 0 aromatic carbocycles. The monoisotopic (exact) mass is 550 g/mol. The van der Waals surface area contributed by atoms with Crippen LogP contribution in [0.3, 0.4) is 0 Å². The van der Waals surface area contributed by atoms with Crippen molar-refractivity contribution in [1.82, 2.24) is 0 Å². The summed E-state index contributed by atoms with van der Waals surface area (Å²) in [4.78, 5) is 25.5. The Bertz CT molecular complexity index is 1040. The van der Waals surface area contributed by atoms with Gasteiger partial charge >= 0.3 is 5.97 Å². The third-order valence-electron chi connectivity index (χ3n) is 14.6. The molecule has 0 amide bonds. The molecule has 3 nitrogen and oxygen atoms in total. The first-order chi connectivity index (χ1) is 17.0. The molecule has 0 heterocycles. The van der Waals surface area contributed by atoms with Gasteiger partial charge in [-0.2, -0.15) is 0 Å². The van der Waals surface area contributed by atoms with Crippen LogP contribution in [0.15, 0.2) is 0 Å². The lowest BCUT2D eigenvalue weighted by Crippen LogP contribution is -2.67. The van der Waals surface area contributed by atoms with Crippen molar-refractivity contribution in [3.63, 3.8) is 0 Å². The number of alkyl halides is 2. The minimum absolute atomic E-state index is 0.101. The van der Waals surface area contributed by atoms with E-state index in [0.717, 1.165) is 51.4 Å².